The normalized spacial score (nSPS) is 10.7. The molecule has 0 unspecified atom stereocenters. The van der Waals surface area contributed by atoms with E-state index in [2.05, 4.69) is 12.2 Å². The lowest BCUT2D eigenvalue weighted by atomic mass is 10.1. The molecule has 0 atom stereocenters. The molecule has 0 aliphatic carbocycles. The lowest BCUT2D eigenvalue weighted by Gasteiger charge is -2.07. The molecule has 0 aliphatic rings. The molecular formula is C25H28N2O6S. The molecule has 3 aromatic rings. The number of benzene rings is 1. The fraction of sp³-hybridized carbons (Fsp3) is 0.320. The Morgan fingerprint density at radius 1 is 1.06 bits per heavy atom. The van der Waals surface area contributed by atoms with Crippen molar-refractivity contribution in [1.29, 1.82) is 0 Å². The molecule has 9 heteroatoms. The number of rotatable bonds is 11. The van der Waals surface area contributed by atoms with Crippen LogP contribution in [0.25, 0.3) is 0 Å². The Balaban J connectivity index is 1.69. The third-order valence-corrected chi connectivity index (χ3v) is 6.19. The first-order chi connectivity index (χ1) is 16.3. The standard InChI is InChI=1S/C25H28N2O6S/c1-4-6-16-7-9-17(10-8-16)32-14-18-11-12-19(33-18)23(29)27-24-20(25(30)31-13-5-2)15(3)21(34-24)22(26)28/h7-12H,4-6,13-14H2,1-3H3,(H2,26,28)(H,27,29). The van der Waals surface area contributed by atoms with Crippen molar-refractivity contribution in [3.05, 3.63) is 69.5 Å². The largest absolute Gasteiger partial charge is 0.486 e. The van der Waals surface area contributed by atoms with Crippen LogP contribution in [0.5, 0.6) is 5.75 Å². The maximum Gasteiger partial charge on any atom is 0.341 e. The Bertz CT molecular complexity index is 1160. The Morgan fingerprint density at radius 3 is 2.44 bits per heavy atom. The summed E-state index contributed by atoms with van der Waals surface area (Å²) in [4.78, 5) is 37.2. The second-order valence-corrected chi connectivity index (χ2v) is 8.68. The maximum absolute atomic E-state index is 12.8. The summed E-state index contributed by atoms with van der Waals surface area (Å²) in [6, 6.07) is 11.0. The first-order valence-electron chi connectivity index (χ1n) is 11.1. The number of amides is 2. The Hall–Kier alpha value is -3.59. The molecule has 3 N–H and O–H groups in total. The van der Waals surface area contributed by atoms with Crippen molar-refractivity contribution in [1.82, 2.24) is 0 Å². The van der Waals surface area contributed by atoms with Crippen LogP contribution in [0.2, 0.25) is 0 Å². The highest BCUT2D eigenvalue weighted by molar-refractivity contribution is 7.18. The zero-order valence-corrected chi connectivity index (χ0v) is 20.3. The number of esters is 1. The fourth-order valence-electron chi connectivity index (χ4n) is 3.29. The van der Waals surface area contributed by atoms with Gasteiger partial charge in [0.25, 0.3) is 11.8 Å². The third kappa shape index (κ3) is 6.05. The van der Waals surface area contributed by atoms with Crippen LogP contribution in [0.1, 0.15) is 74.2 Å². The van der Waals surface area contributed by atoms with E-state index in [-0.39, 0.29) is 34.4 Å². The molecule has 3 rings (SSSR count). The average molecular weight is 485 g/mol. The number of primary amides is 1. The molecule has 0 fully saturated rings. The second kappa shape index (κ2) is 11.5. The minimum absolute atomic E-state index is 0.0384. The highest BCUT2D eigenvalue weighted by Crippen LogP contribution is 2.34. The summed E-state index contributed by atoms with van der Waals surface area (Å²) in [7, 11) is 0. The molecule has 2 amide bonds. The minimum Gasteiger partial charge on any atom is -0.486 e. The first kappa shape index (κ1) is 25.0. The van der Waals surface area contributed by atoms with Crippen LogP contribution < -0.4 is 15.8 Å². The van der Waals surface area contributed by atoms with Gasteiger partial charge in [-0.15, -0.1) is 11.3 Å². The van der Waals surface area contributed by atoms with Gasteiger partial charge in [0.15, 0.2) is 5.76 Å². The average Bonchev–Trinajstić information content (AvgIpc) is 3.42. The van der Waals surface area contributed by atoms with Crippen molar-refractivity contribution in [2.24, 2.45) is 5.73 Å². The van der Waals surface area contributed by atoms with Gasteiger partial charge in [-0.05, 0) is 55.2 Å². The summed E-state index contributed by atoms with van der Waals surface area (Å²) in [5, 5.41) is 2.82. The van der Waals surface area contributed by atoms with Gasteiger partial charge < -0.3 is 24.9 Å². The number of aryl methyl sites for hydroxylation is 1. The molecule has 0 radical (unpaired) electrons. The molecule has 2 heterocycles. The van der Waals surface area contributed by atoms with Gasteiger partial charge in [0, 0.05) is 0 Å². The number of carbonyl (C=O) groups excluding carboxylic acids is 3. The van der Waals surface area contributed by atoms with Gasteiger partial charge in [0.05, 0.1) is 17.0 Å². The molecule has 2 aromatic heterocycles. The first-order valence-corrected chi connectivity index (χ1v) is 11.9. The van der Waals surface area contributed by atoms with Gasteiger partial charge in [-0.25, -0.2) is 4.79 Å². The van der Waals surface area contributed by atoms with Gasteiger partial charge in [-0.2, -0.15) is 0 Å². The van der Waals surface area contributed by atoms with E-state index in [4.69, 9.17) is 19.6 Å². The number of nitrogens with one attached hydrogen (secondary N) is 1. The van der Waals surface area contributed by atoms with Crippen LogP contribution in [0.4, 0.5) is 5.00 Å². The summed E-state index contributed by atoms with van der Waals surface area (Å²) in [5.41, 5.74) is 7.15. The lowest BCUT2D eigenvalue weighted by molar-refractivity contribution is 0.0506. The van der Waals surface area contributed by atoms with Gasteiger partial charge >= 0.3 is 5.97 Å². The van der Waals surface area contributed by atoms with Crippen molar-refractivity contribution in [3.63, 3.8) is 0 Å². The van der Waals surface area contributed by atoms with Gasteiger partial charge in [0.2, 0.25) is 0 Å². The number of carbonyl (C=O) groups is 3. The monoisotopic (exact) mass is 484 g/mol. The van der Waals surface area contributed by atoms with Crippen LogP contribution in [0.3, 0.4) is 0 Å². The lowest BCUT2D eigenvalue weighted by Crippen LogP contribution is -2.15. The predicted octanol–water partition coefficient (Wildman–Crippen LogP) is 5.10. The SMILES string of the molecule is CCCOC(=O)c1c(NC(=O)c2ccc(COc3ccc(CCC)cc3)o2)sc(C(N)=O)c1C. The molecule has 0 aliphatic heterocycles. The summed E-state index contributed by atoms with van der Waals surface area (Å²) < 4.78 is 16.5. The smallest absolute Gasteiger partial charge is 0.341 e. The van der Waals surface area contributed by atoms with Crippen molar-refractivity contribution < 1.29 is 28.3 Å². The molecular weight excluding hydrogens is 456 g/mol. The molecule has 8 nitrogen and oxygen atoms in total. The number of furan rings is 1. The topological polar surface area (TPSA) is 121 Å². The molecule has 0 spiro atoms. The van der Waals surface area contributed by atoms with E-state index in [1.165, 1.54) is 11.6 Å². The highest BCUT2D eigenvalue weighted by atomic mass is 32.1. The van der Waals surface area contributed by atoms with Crippen molar-refractivity contribution >= 4 is 34.1 Å². The Labute approximate surface area is 202 Å². The number of thiophene rings is 1. The molecule has 34 heavy (non-hydrogen) atoms. The zero-order chi connectivity index (χ0) is 24.7. The van der Waals surface area contributed by atoms with Crippen molar-refractivity contribution in [3.8, 4) is 5.75 Å². The van der Waals surface area contributed by atoms with E-state index in [1.807, 2.05) is 31.2 Å². The summed E-state index contributed by atoms with van der Waals surface area (Å²) in [5.74, 6) is -0.686. The minimum atomic E-state index is -0.687. The number of hydrogen-bond donors (Lipinski definition) is 2. The van der Waals surface area contributed by atoms with E-state index >= 15 is 0 Å². The predicted molar refractivity (Wildman–Crippen MR) is 130 cm³/mol. The van der Waals surface area contributed by atoms with Crippen molar-refractivity contribution in [2.75, 3.05) is 11.9 Å². The summed E-state index contributed by atoms with van der Waals surface area (Å²) in [6.07, 6.45) is 2.73. The van der Waals surface area contributed by atoms with Crippen LogP contribution in [0, 0.1) is 6.92 Å². The Morgan fingerprint density at radius 2 is 1.79 bits per heavy atom. The van der Waals surface area contributed by atoms with Crippen LogP contribution in [-0.4, -0.2) is 24.4 Å². The van der Waals surface area contributed by atoms with Crippen LogP contribution in [-0.2, 0) is 17.8 Å². The number of anilines is 1. The van der Waals surface area contributed by atoms with E-state index < -0.39 is 17.8 Å². The maximum atomic E-state index is 12.8. The van der Waals surface area contributed by atoms with E-state index in [9.17, 15) is 14.4 Å². The quantitative estimate of drug-likeness (QED) is 0.365. The van der Waals surface area contributed by atoms with E-state index in [1.54, 1.807) is 13.0 Å². The molecule has 0 saturated carbocycles. The summed E-state index contributed by atoms with van der Waals surface area (Å²) >= 11 is 0.924. The molecule has 0 bridgehead atoms. The van der Waals surface area contributed by atoms with Gasteiger partial charge in [-0.3, -0.25) is 9.59 Å². The van der Waals surface area contributed by atoms with E-state index in [0.29, 0.717) is 23.5 Å². The summed E-state index contributed by atoms with van der Waals surface area (Å²) in [6.45, 7) is 5.95. The van der Waals surface area contributed by atoms with Crippen molar-refractivity contribution in [2.45, 2.75) is 46.6 Å². The van der Waals surface area contributed by atoms with Crippen LogP contribution >= 0.6 is 11.3 Å². The van der Waals surface area contributed by atoms with Crippen LogP contribution in [0.15, 0.2) is 40.8 Å². The molecule has 0 saturated heterocycles. The highest BCUT2D eigenvalue weighted by Gasteiger charge is 2.26. The van der Waals surface area contributed by atoms with Gasteiger partial charge in [-0.1, -0.05) is 32.4 Å². The zero-order valence-electron chi connectivity index (χ0n) is 19.4. The second-order valence-electron chi connectivity index (χ2n) is 7.66. The number of hydrogen-bond acceptors (Lipinski definition) is 7. The third-order valence-electron chi connectivity index (χ3n) is 4.97. The van der Waals surface area contributed by atoms with E-state index in [0.717, 1.165) is 24.2 Å². The molecule has 180 valence electrons. The Kier molecular flexibility index (Phi) is 8.48. The number of nitrogens with two attached hydrogens (primary N) is 1. The molecule has 1 aromatic carbocycles. The van der Waals surface area contributed by atoms with Gasteiger partial charge in [0.1, 0.15) is 23.1 Å². The fourth-order valence-corrected chi connectivity index (χ4v) is 4.33. The number of ether oxygens (including phenoxy) is 2.